The zero-order valence-corrected chi connectivity index (χ0v) is 18.5. The van der Waals surface area contributed by atoms with Gasteiger partial charge in [-0.1, -0.05) is 36.4 Å². The Morgan fingerprint density at radius 3 is 2.46 bits per heavy atom. The molecule has 1 N–H and O–H groups in total. The number of aromatic nitrogens is 2. The minimum Gasteiger partial charge on any atom is -0.492 e. The van der Waals surface area contributed by atoms with E-state index in [-0.39, 0.29) is 24.0 Å². The molecule has 1 heterocycles. The number of halogens is 1. The van der Waals surface area contributed by atoms with E-state index in [2.05, 4.69) is 15.4 Å². The first-order valence-corrected chi connectivity index (χ1v) is 8.95. The van der Waals surface area contributed by atoms with Crippen molar-refractivity contribution < 1.29 is 4.74 Å². The Morgan fingerprint density at radius 2 is 1.79 bits per heavy atom. The molecule has 0 atom stereocenters. The molecule has 0 unspecified atom stereocenters. The smallest absolute Gasteiger partial charge is 0.193 e. The summed E-state index contributed by atoms with van der Waals surface area (Å²) in [5, 5.41) is 7.79. The molecular weight excluding hydrogens is 465 g/mol. The third-order valence-corrected chi connectivity index (χ3v) is 4.12. The fourth-order valence-corrected chi connectivity index (χ4v) is 2.66. The Hall–Kier alpha value is -2.55. The van der Waals surface area contributed by atoms with E-state index in [1.54, 1.807) is 7.05 Å². The first kappa shape index (κ1) is 21.7. The summed E-state index contributed by atoms with van der Waals surface area (Å²) in [7, 11) is 3.78. The van der Waals surface area contributed by atoms with E-state index >= 15 is 0 Å². The number of hydrogen-bond acceptors (Lipinski definition) is 3. The molecule has 3 rings (SSSR count). The van der Waals surface area contributed by atoms with Crippen LogP contribution in [0.2, 0.25) is 0 Å². The van der Waals surface area contributed by atoms with Gasteiger partial charge in [0, 0.05) is 32.4 Å². The van der Waals surface area contributed by atoms with Crippen LogP contribution in [0.3, 0.4) is 0 Å². The quantitative estimate of drug-likeness (QED) is 0.312. The lowest BCUT2D eigenvalue weighted by atomic mass is 10.3. The number of rotatable bonds is 7. The number of hydrogen-bond donors (Lipinski definition) is 1. The molecule has 0 aliphatic heterocycles. The lowest BCUT2D eigenvalue weighted by Gasteiger charge is -2.22. The number of nitrogens with one attached hydrogen (secondary N) is 1. The molecule has 0 radical (unpaired) electrons. The predicted molar refractivity (Wildman–Crippen MR) is 124 cm³/mol. The SMILES string of the molecule is CN=C(NCc1cnn(-c2ccccc2)c1)N(C)CCOc1ccccc1.I. The molecule has 0 bridgehead atoms. The van der Waals surface area contributed by atoms with Crippen LogP contribution >= 0.6 is 24.0 Å². The summed E-state index contributed by atoms with van der Waals surface area (Å²) in [6.45, 7) is 1.98. The number of guanidine groups is 1. The number of likely N-dealkylation sites (N-methyl/N-ethyl adjacent to an activating group) is 1. The summed E-state index contributed by atoms with van der Waals surface area (Å²) >= 11 is 0. The maximum atomic E-state index is 5.75. The molecule has 3 aromatic rings. The Bertz CT molecular complexity index is 852. The molecule has 0 saturated carbocycles. The van der Waals surface area contributed by atoms with Gasteiger partial charge in [0.2, 0.25) is 0 Å². The van der Waals surface area contributed by atoms with Gasteiger partial charge in [0.25, 0.3) is 0 Å². The van der Waals surface area contributed by atoms with Crippen LogP contribution in [0, 0.1) is 0 Å². The molecule has 1 aromatic heterocycles. The average Bonchev–Trinajstić information content (AvgIpc) is 3.19. The number of ether oxygens (including phenoxy) is 1. The highest BCUT2D eigenvalue weighted by atomic mass is 127. The lowest BCUT2D eigenvalue weighted by Crippen LogP contribution is -2.40. The van der Waals surface area contributed by atoms with Crippen LogP contribution in [0.1, 0.15) is 5.56 Å². The monoisotopic (exact) mass is 491 g/mol. The molecule has 28 heavy (non-hydrogen) atoms. The maximum Gasteiger partial charge on any atom is 0.193 e. The minimum absolute atomic E-state index is 0. The third-order valence-electron chi connectivity index (χ3n) is 4.12. The molecule has 2 aromatic carbocycles. The fourth-order valence-electron chi connectivity index (χ4n) is 2.66. The molecule has 0 saturated heterocycles. The predicted octanol–water partition coefficient (Wildman–Crippen LogP) is 3.58. The fraction of sp³-hybridized carbons (Fsp3) is 0.238. The van der Waals surface area contributed by atoms with Crippen LogP contribution in [0.5, 0.6) is 5.75 Å². The van der Waals surface area contributed by atoms with Crippen molar-refractivity contribution in [2.24, 2.45) is 4.99 Å². The van der Waals surface area contributed by atoms with Crippen molar-refractivity contribution in [3.05, 3.63) is 78.6 Å². The molecule has 0 amide bonds. The Balaban J connectivity index is 0.00000280. The van der Waals surface area contributed by atoms with Crippen molar-refractivity contribution in [1.29, 1.82) is 0 Å². The van der Waals surface area contributed by atoms with Gasteiger partial charge in [-0.3, -0.25) is 4.99 Å². The first-order valence-electron chi connectivity index (χ1n) is 8.95. The van der Waals surface area contributed by atoms with Crippen molar-refractivity contribution in [3.63, 3.8) is 0 Å². The average molecular weight is 491 g/mol. The minimum atomic E-state index is 0. The summed E-state index contributed by atoms with van der Waals surface area (Å²) in [5.74, 6) is 1.70. The molecule has 6 nitrogen and oxygen atoms in total. The first-order chi connectivity index (χ1) is 13.3. The van der Waals surface area contributed by atoms with Crippen molar-refractivity contribution in [1.82, 2.24) is 20.0 Å². The Labute approximate surface area is 183 Å². The largest absolute Gasteiger partial charge is 0.492 e. The van der Waals surface area contributed by atoms with Gasteiger partial charge in [-0.2, -0.15) is 5.10 Å². The molecular formula is C21H26IN5O. The molecule has 0 fully saturated rings. The highest BCUT2D eigenvalue weighted by molar-refractivity contribution is 14.0. The van der Waals surface area contributed by atoms with E-state index in [0.29, 0.717) is 13.2 Å². The van der Waals surface area contributed by atoms with Crippen molar-refractivity contribution in [3.8, 4) is 11.4 Å². The third kappa shape index (κ3) is 6.26. The van der Waals surface area contributed by atoms with Gasteiger partial charge in [-0.05, 0) is 24.3 Å². The van der Waals surface area contributed by atoms with Gasteiger partial charge >= 0.3 is 0 Å². The Morgan fingerprint density at radius 1 is 1.11 bits per heavy atom. The van der Waals surface area contributed by atoms with E-state index < -0.39 is 0 Å². The van der Waals surface area contributed by atoms with E-state index in [9.17, 15) is 0 Å². The van der Waals surface area contributed by atoms with Crippen molar-refractivity contribution >= 4 is 29.9 Å². The van der Waals surface area contributed by atoms with Crippen LogP contribution in [0.15, 0.2) is 78.0 Å². The summed E-state index contributed by atoms with van der Waals surface area (Å²) in [6, 6.07) is 19.9. The second-order valence-electron chi connectivity index (χ2n) is 6.11. The van der Waals surface area contributed by atoms with Crippen LogP contribution in [0.4, 0.5) is 0 Å². The van der Waals surface area contributed by atoms with Gasteiger partial charge in [-0.25, -0.2) is 4.68 Å². The lowest BCUT2D eigenvalue weighted by molar-refractivity contribution is 0.281. The van der Waals surface area contributed by atoms with Crippen LogP contribution in [-0.2, 0) is 6.54 Å². The molecule has 0 spiro atoms. The zero-order chi connectivity index (χ0) is 18.9. The number of para-hydroxylation sites is 2. The Kier molecular flexibility index (Phi) is 8.80. The molecule has 148 valence electrons. The van der Waals surface area contributed by atoms with E-state index in [1.807, 2.05) is 89.7 Å². The summed E-state index contributed by atoms with van der Waals surface area (Å²) in [5.41, 5.74) is 2.14. The molecule has 0 aliphatic carbocycles. The van der Waals surface area contributed by atoms with Gasteiger partial charge in [0.15, 0.2) is 5.96 Å². The second kappa shape index (κ2) is 11.3. The maximum absolute atomic E-state index is 5.75. The van der Waals surface area contributed by atoms with Gasteiger partial charge < -0.3 is 15.0 Å². The molecule has 0 aliphatic rings. The van der Waals surface area contributed by atoms with Crippen LogP contribution < -0.4 is 10.1 Å². The van der Waals surface area contributed by atoms with Crippen LogP contribution in [-0.4, -0.2) is 47.9 Å². The van der Waals surface area contributed by atoms with E-state index in [1.165, 1.54) is 0 Å². The zero-order valence-electron chi connectivity index (χ0n) is 16.2. The number of aliphatic imine (C=N–C) groups is 1. The second-order valence-corrected chi connectivity index (χ2v) is 6.11. The van der Waals surface area contributed by atoms with Gasteiger partial charge in [-0.15, -0.1) is 24.0 Å². The molecule has 7 heteroatoms. The van der Waals surface area contributed by atoms with Crippen molar-refractivity contribution in [2.45, 2.75) is 6.54 Å². The number of nitrogens with zero attached hydrogens (tertiary/aromatic N) is 4. The highest BCUT2D eigenvalue weighted by Crippen LogP contribution is 2.09. The summed E-state index contributed by atoms with van der Waals surface area (Å²) in [6.07, 6.45) is 3.89. The normalized spacial score (nSPS) is 10.9. The number of benzene rings is 2. The van der Waals surface area contributed by atoms with Gasteiger partial charge in [0.1, 0.15) is 12.4 Å². The van der Waals surface area contributed by atoms with Crippen molar-refractivity contribution in [2.75, 3.05) is 27.2 Å². The topological polar surface area (TPSA) is 54.7 Å². The summed E-state index contributed by atoms with van der Waals surface area (Å²) < 4.78 is 7.62. The van der Waals surface area contributed by atoms with E-state index in [0.717, 1.165) is 29.5 Å². The highest BCUT2D eigenvalue weighted by Gasteiger charge is 2.07. The summed E-state index contributed by atoms with van der Waals surface area (Å²) in [4.78, 5) is 6.39. The van der Waals surface area contributed by atoms with Crippen LogP contribution in [0.25, 0.3) is 5.69 Å². The van der Waals surface area contributed by atoms with E-state index in [4.69, 9.17) is 4.74 Å². The van der Waals surface area contributed by atoms with Gasteiger partial charge in [0.05, 0.1) is 18.4 Å². The standard InChI is InChI=1S/C21H25N5O.HI/c1-22-21(25(2)13-14-27-20-11-7-4-8-12-20)23-15-18-16-24-26(17-18)19-9-5-3-6-10-19;/h3-12,16-17H,13-15H2,1-2H3,(H,22,23);1H.